The quantitative estimate of drug-likeness (QED) is 0.905. The maximum absolute atomic E-state index is 12.6. The highest BCUT2D eigenvalue weighted by molar-refractivity contribution is 5.96. The van der Waals surface area contributed by atoms with Crippen molar-refractivity contribution in [3.8, 4) is 5.75 Å². The number of hydrogen-bond donors (Lipinski definition) is 2. The molecule has 1 fully saturated rings. The summed E-state index contributed by atoms with van der Waals surface area (Å²) in [6.07, 6.45) is 1.53. The lowest BCUT2D eigenvalue weighted by Gasteiger charge is -2.33. The third-order valence-corrected chi connectivity index (χ3v) is 4.89. The number of benzene rings is 2. The third-order valence-electron chi connectivity index (χ3n) is 4.89. The van der Waals surface area contributed by atoms with Gasteiger partial charge in [0.2, 0.25) is 0 Å². The number of amides is 1. The summed E-state index contributed by atoms with van der Waals surface area (Å²) in [7, 11) is 1.64. The van der Waals surface area contributed by atoms with E-state index in [0.717, 1.165) is 17.0 Å². The molecule has 2 heterocycles. The molecule has 3 unspecified atom stereocenters. The first-order valence-corrected chi connectivity index (χ1v) is 8.44. The summed E-state index contributed by atoms with van der Waals surface area (Å²) in [5.41, 5.74) is 6.33. The van der Waals surface area contributed by atoms with Crippen LogP contribution in [0.1, 0.15) is 24.0 Å². The van der Waals surface area contributed by atoms with Crippen molar-refractivity contribution in [1.82, 2.24) is 15.8 Å². The van der Waals surface area contributed by atoms with Gasteiger partial charge in [0, 0.05) is 23.7 Å². The molecular formula is C20H21N3O2. The minimum atomic E-state index is -0.119. The highest BCUT2D eigenvalue weighted by Crippen LogP contribution is 2.34. The lowest BCUT2D eigenvalue weighted by atomic mass is 9.90. The number of hydrazine groups is 1. The number of rotatable bonds is 3. The van der Waals surface area contributed by atoms with E-state index in [0.29, 0.717) is 0 Å². The molecule has 3 atom stereocenters. The fourth-order valence-corrected chi connectivity index (χ4v) is 3.65. The van der Waals surface area contributed by atoms with Gasteiger partial charge in [-0.05, 0) is 42.3 Å². The maximum atomic E-state index is 12.6. The van der Waals surface area contributed by atoms with E-state index in [9.17, 15) is 4.79 Å². The van der Waals surface area contributed by atoms with Crippen molar-refractivity contribution in [1.29, 1.82) is 0 Å². The number of nitrogens with one attached hydrogen (secondary N) is 2. The van der Waals surface area contributed by atoms with Crippen LogP contribution in [0.5, 0.6) is 5.75 Å². The van der Waals surface area contributed by atoms with E-state index < -0.39 is 0 Å². The van der Waals surface area contributed by atoms with Gasteiger partial charge < -0.3 is 10.1 Å². The molecule has 0 spiro atoms. The van der Waals surface area contributed by atoms with E-state index >= 15 is 0 Å². The molecular weight excluding hydrogens is 314 g/mol. The number of carbonyl (C=O) groups excluding carboxylic acids is 1. The zero-order valence-corrected chi connectivity index (χ0v) is 14.3. The second-order valence-corrected chi connectivity index (χ2v) is 6.44. The summed E-state index contributed by atoms with van der Waals surface area (Å²) >= 11 is 0. The summed E-state index contributed by atoms with van der Waals surface area (Å²) < 4.78 is 5.21. The highest BCUT2D eigenvalue weighted by atomic mass is 16.5. The van der Waals surface area contributed by atoms with Crippen LogP contribution in [0.2, 0.25) is 0 Å². The Balaban J connectivity index is 1.66. The summed E-state index contributed by atoms with van der Waals surface area (Å²) in [4.78, 5) is 12.6. The van der Waals surface area contributed by atoms with E-state index in [4.69, 9.17) is 4.74 Å². The number of carbonyl (C=O) groups is 1. The van der Waals surface area contributed by atoms with E-state index in [1.165, 1.54) is 5.56 Å². The Morgan fingerprint density at radius 2 is 1.76 bits per heavy atom. The predicted molar refractivity (Wildman–Crippen MR) is 96.5 cm³/mol. The average Bonchev–Trinajstić information content (AvgIpc) is 2.99. The van der Waals surface area contributed by atoms with Gasteiger partial charge in [-0.1, -0.05) is 30.3 Å². The van der Waals surface area contributed by atoms with Crippen molar-refractivity contribution < 1.29 is 9.53 Å². The van der Waals surface area contributed by atoms with E-state index in [1.807, 2.05) is 42.5 Å². The van der Waals surface area contributed by atoms with Crippen LogP contribution in [0.15, 0.2) is 60.7 Å². The van der Waals surface area contributed by atoms with Gasteiger partial charge in [-0.3, -0.25) is 9.80 Å². The van der Waals surface area contributed by atoms with Crippen molar-refractivity contribution in [2.75, 3.05) is 7.11 Å². The summed E-state index contributed by atoms with van der Waals surface area (Å²) in [5.74, 6) is 0.943. The number of methoxy groups -OCH3 is 1. The molecule has 2 aliphatic heterocycles. The Labute approximate surface area is 147 Å². The summed E-state index contributed by atoms with van der Waals surface area (Å²) in [5, 5.41) is 5.25. The minimum absolute atomic E-state index is 0.0279. The van der Waals surface area contributed by atoms with Crippen molar-refractivity contribution >= 4 is 11.6 Å². The zero-order chi connectivity index (χ0) is 17.4. The zero-order valence-electron chi connectivity index (χ0n) is 14.3. The van der Waals surface area contributed by atoms with Crippen LogP contribution in [-0.4, -0.2) is 30.2 Å². The Morgan fingerprint density at radius 3 is 2.44 bits per heavy atom. The van der Waals surface area contributed by atoms with Crippen LogP contribution in [0.25, 0.3) is 5.70 Å². The molecule has 0 bridgehead atoms. The van der Waals surface area contributed by atoms with Gasteiger partial charge in [-0.2, -0.15) is 0 Å². The number of hydrogen-bond acceptors (Lipinski definition) is 4. The Bertz CT molecular complexity index is 801. The fourth-order valence-electron chi connectivity index (χ4n) is 3.65. The number of fused-ring (bicyclic) bond motifs is 1. The molecule has 0 aromatic heterocycles. The van der Waals surface area contributed by atoms with Crippen LogP contribution in [-0.2, 0) is 4.79 Å². The van der Waals surface area contributed by atoms with E-state index in [2.05, 4.69) is 29.8 Å². The topological polar surface area (TPSA) is 53.6 Å². The monoisotopic (exact) mass is 335 g/mol. The molecule has 0 radical (unpaired) electrons. The van der Waals surface area contributed by atoms with Gasteiger partial charge in [0.25, 0.3) is 5.91 Å². The van der Waals surface area contributed by atoms with Crippen molar-refractivity contribution in [2.45, 2.75) is 25.0 Å². The van der Waals surface area contributed by atoms with Crippen LogP contribution >= 0.6 is 0 Å². The fraction of sp³-hybridized carbons (Fsp3) is 0.250. The molecule has 5 nitrogen and oxygen atoms in total. The van der Waals surface area contributed by atoms with Crippen molar-refractivity contribution in [2.24, 2.45) is 0 Å². The molecule has 4 rings (SSSR count). The first-order chi connectivity index (χ1) is 12.2. The molecule has 2 N–H and O–H groups in total. The first kappa shape index (κ1) is 15.7. The lowest BCUT2D eigenvalue weighted by Crippen LogP contribution is -2.52. The standard InChI is InChI=1S/C20H21N3O2/c1-13-19(15-6-4-3-5-7-15)20-21-17(12-18(24)23(20)22-13)14-8-10-16(25-2)11-9-14/h3-13,19-22H,1-2H3. The average molecular weight is 335 g/mol. The second kappa shape index (κ2) is 6.26. The largest absolute Gasteiger partial charge is 0.497 e. The van der Waals surface area contributed by atoms with Crippen molar-refractivity contribution in [3.05, 3.63) is 71.8 Å². The summed E-state index contributed by atoms with van der Waals surface area (Å²) in [6.45, 7) is 2.11. The molecule has 0 saturated carbocycles. The molecule has 128 valence electrons. The molecule has 1 saturated heterocycles. The molecule has 5 heteroatoms. The van der Waals surface area contributed by atoms with Crippen LogP contribution < -0.4 is 15.5 Å². The third kappa shape index (κ3) is 2.76. The van der Waals surface area contributed by atoms with E-state index in [1.54, 1.807) is 18.2 Å². The van der Waals surface area contributed by atoms with Crippen molar-refractivity contribution in [3.63, 3.8) is 0 Å². The Morgan fingerprint density at radius 1 is 1.04 bits per heavy atom. The van der Waals surface area contributed by atoms with Gasteiger partial charge in [0.05, 0.1) is 7.11 Å². The van der Waals surface area contributed by atoms with Crippen LogP contribution in [0.4, 0.5) is 0 Å². The van der Waals surface area contributed by atoms with Gasteiger partial charge in [-0.25, -0.2) is 5.43 Å². The van der Waals surface area contributed by atoms with Crippen LogP contribution in [0.3, 0.4) is 0 Å². The number of ether oxygens (including phenoxy) is 1. The Kier molecular flexibility index (Phi) is 3.93. The first-order valence-electron chi connectivity index (χ1n) is 8.44. The lowest BCUT2D eigenvalue weighted by molar-refractivity contribution is -0.130. The maximum Gasteiger partial charge on any atom is 0.264 e. The minimum Gasteiger partial charge on any atom is -0.497 e. The smallest absolute Gasteiger partial charge is 0.264 e. The molecule has 25 heavy (non-hydrogen) atoms. The second-order valence-electron chi connectivity index (χ2n) is 6.44. The normalized spacial score (nSPS) is 25.2. The molecule has 2 aliphatic rings. The highest BCUT2D eigenvalue weighted by Gasteiger charge is 2.44. The van der Waals surface area contributed by atoms with E-state index in [-0.39, 0.29) is 24.0 Å². The molecule has 2 aromatic carbocycles. The molecule has 2 aromatic rings. The number of nitrogens with zero attached hydrogens (tertiary/aromatic N) is 1. The van der Waals surface area contributed by atoms with Gasteiger partial charge in [0.15, 0.2) is 0 Å². The molecule has 0 aliphatic carbocycles. The van der Waals surface area contributed by atoms with Gasteiger partial charge >= 0.3 is 0 Å². The van der Waals surface area contributed by atoms with Gasteiger partial charge in [0.1, 0.15) is 11.9 Å². The van der Waals surface area contributed by atoms with Gasteiger partial charge in [-0.15, -0.1) is 0 Å². The molecule has 1 amide bonds. The Hall–Kier alpha value is -2.79. The predicted octanol–water partition coefficient (Wildman–Crippen LogP) is 2.48. The van der Waals surface area contributed by atoms with Crippen LogP contribution in [0, 0.1) is 0 Å². The summed E-state index contributed by atoms with van der Waals surface area (Å²) in [6, 6.07) is 18.2. The SMILES string of the molecule is COc1ccc(C2=CC(=O)N3NC(C)C(c4ccccc4)C3N2)cc1.